The Balaban J connectivity index is 2.30. The Morgan fingerprint density at radius 2 is 2.35 bits per heavy atom. The van der Waals surface area contributed by atoms with Crippen LogP contribution in [0.3, 0.4) is 0 Å². The lowest BCUT2D eigenvalue weighted by atomic mass is 10.0. The third kappa shape index (κ3) is 4.16. The van der Waals surface area contributed by atoms with E-state index >= 15 is 0 Å². The van der Waals surface area contributed by atoms with Gasteiger partial charge < -0.3 is 20.6 Å². The number of hydrogen-bond donors (Lipinski definition) is 3. The molecule has 2 rings (SSSR count). The zero-order valence-corrected chi connectivity index (χ0v) is 12.4. The Hall–Kier alpha value is -2.68. The van der Waals surface area contributed by atoms with E-state index in [0.29, 0.717) is 25.3 Å². The lowest BCUT2D eigenvalue weighted by Crippen LogP contribution is -2.45. The predicted octanol–water partition coefficient (Wildman–Crippen LogP) is 0.584. The van der Waals surface area contributed by atoms with Crippen LogP contribution in [-0.4, -0.2) is 53.5 Å². The maximum Gasteiger partial charge on any atom is 0.305 e. The van der Waals surface area contributed by atoms with E-state index in [1.807, 2.05) is 0 Å². The molecular weight excluding hydrogens is 304 g/mol. The fourth-order valence-electron chi connectivity index (χ4n) is 2.54. The number of nitro benzene ring substituents is 1. The molecule has 0 aromatic heterocycles. The van der Waals surface area contributed by atoms with Crippen molar-refractivity contribution >= 4 is 23.8 Å². The van der Waals surface area contributed by atoms with Gasteiger partial charge in [-0.3, -0.25) is 19.7 Å². The number of nitrogens with zero attached hydrogens (tertiary/aromatic N) is 2. The molecule has 23 heavy (non-hydrogen) atoms. The Morgan fingerprint density at radius 3 is 3.00 bits per heavy atom. The Bertz CT molecular complexity index is 607. The predicted molar refractivity (Wildman–Crippen MR) is 82.2 cm³/mol. The SMILES string of the molecule is O=CN1CCNCC1c1ccc([N+](=O)[O-])cc1NCCC(=O)O. The van der Waals surface area contributed by atoms with Gasteiger partial charge in [0.15, 0.2) is 0 Å². The summed E-state index contributed by atoms with van der Waals surface area (Å²) >= 11 is 0. The van der Waals surface area contributed by atoms with Gasteiger partial charge in [0.05, 0.1) is 17.4 Å². The van der Waals surface area contributed by atoms with Gasteiger partial charge in [-0.1, -0.05) is 0 Å². The number of benzene rings is 1. The van der Waals surface area contributed by atoms with Crippen molar-refractivity contribution in [3.8, 4) is 0 Å². The molecule has 0 saturated carbocycles. The Kier molecular flexibility index (Phi) is 5.47. The molecule has 124 valence electrons. The third-order valence-electron chi connectivity index (χ3n) is 3.68. The fourth-order valence-corrected chi connectivity index (χ4v) is 2.54. The number of nitrogens with one attached hydrogen (secondary N) is 2. The second-order valence-corrected chi connectivity index (χ2v) is 5.16. The van der Waals surface area contributed by atoms with Crippen molar-refractivity contribution in [3.63, 3.8) is 0 Å². The highest BCUT2D eigenvalue weighted by molar-refractivity contribution is 5.68. The van der Waals surface area contributed by atoms with Gasteiger partial charge in [0, 0.05) is 44.0 Å². The van der Waals surface area contributed by atoms with Crippen LogP contribution in [0.2, 0.25) is 0 Å². The molecule has 0 bridgehead atoms. The molecule has 1 atom stereocenters. The van der Waals surface area contributed by atoms with E-state index in [1.165, 1.54) is 12.1 Å². The van der Waals surface area contributed by atoms with Crippen molar-refractivity contribution < 1.29 is 19.6 Å². The van der Waals surface area contributed by atoms with Crippen molar-refractivity contribution in [3.05, 3.63) is 33.9 Å². The number of aliphatic carboxylic acids is 1. The van der Waals surface area contributed by atoms with Gasteiger partial charge in [-0.25, -0.2) is 0 Å². The number of carbonyl (C=O) groups is 2. The van der Waals surface area contributed by atoms with Gasteiger partial charge in [0.2, 0.25) is 6.41 Å². The quantitative estimate of drug-likeness (QED) is 0.381. The zero-order valence-electron chi connectivity index (χ0n) is 12.4. The molecule has 1 aromatic carbocycles. The first kappa shape index (κ1) is 16.7. The first-order valence-corrected chi connectivity index (χ1v) is 7.18. The molecule has 0 aliphatic carbocycles. The number of amides is 1. The number of carboxylic acid groups (broad SMARTS) is 1. The molecule has 1 aliphatic rings. The summed E-state index contributed by atoms with van der Waals surface area (Å²) < 4.78 is 0. The number of rotatable bonds is 7. The minimum absolute atomic E-state index is 0.0898. The topological polar surface area (TPSA) is 125 Å². The normalized spacial score (nSPS) is 17.6. The van der Waals surface area contributed by atoms with Crippen LogP contribution in [0.15, 0.2) is 18.2 Å². The molecule has 0 radical (unpaired) electrons. The average molecular weight is 322 g/mol. The molecule has 9 heteroatoms. The minimum Gasteiger partial charge on any atom is -0.481 e. The summed E-state index contributed by atoms with van der Waals surface area (Å²) in [6.07, 6.45) is 0.649. The minimum atomic E-state index is -0.960. The van der Waals surface area contributed by atoms with Crippen LogP contribution in [0.1, 0.15) is 18.0 Å². The summed E-state index contributed by atoms with van der Waals surface area (Å²) in [7, 11) is 0. The van der Waals surface area contributed by atoms with Gasteiger partial charge in [-0.05, 0) is 11.6 Å². The number of nitro groups is 1. The second-order valence-electron chi connectivity index (χ2n) is 5.16. The number of anilines is 1. The highest BCUT2D eigenvalue weighted by atomic mass is 16.6. The van der Waals surface area contributed by atoms with Crippen molar-refractivity contribution in [2.45, 2.75) is 12.5 Å². The molecule has 1 aromatic rings. The summed E-state index contributed by atoms with van der Waals surface area (Å²) in [5.41, 5.74) is 1.11. The number of carboxylic acids is 1. The van der Waals surface area contributed by atoms with E-state index in [2.05, 4.69) is 10.6 Å². The van der Waals surface area contributed by atoms with Gasteiger partial charge in [0.1, 0.15) is 0 Å². The maximum absolute atomic E-state index is 11.2. The highest BCUT2D eigenvalue weighted by Crippen LogP contribution is 2.31. The van der Waals surface area contributed by atoms with Crippen molar-refractivity contribution in [1.82, 2.24) is 10.2 Å². The van der Waals surface area contributed by atoms with Crippen molar-refractivity contribution in [2.24, 2.45) is 0 Å². The van der Waals surface area contributed by atoms with E-state index < -0.39 is 10.9 Å². The fraction of sp³-hybridized carbons (Fsp3) is 0.429. The smallest absolute Gasteiger partial charge is 0.305 e. The molecule has 1 unspecified atom stereocenters. The van der Waals surface area contributed by atoms with Gasteiger partial charge in [0.25, 0.3) is 5.69 Å². The van der Waals surface area contributed by atoms with Crippen LogP contribution in [0, 0.1) is 10.1 Å². The summed E-state index contributed by atoms with van der Waals surface area (Å²) in [6, 6.07) is 4.11. The third-order valence-corrected chi connectivity index (χ3v) is 3.68. The maximum atomic E-state index is 11.2. The summed E-state index contributed by atoms with van der Waals surface area (Å²) in [4.78, 5) is 33.9. The van der Waals surface area contributed by atoms with Gasteiger partial charge >= 0.3 is 5.97 Å². The lowest BCUT2D eigenvalue weighted by molar-refractivity contribution is -0.384. The standard InChI is InChI=1S/C14H18N4O5/c19-9-17-6-5-15-8-13(17)11-2-1-10(18(22)23)7-12(11)16-4-3-14(20)21/h1-2,7,9,13,15-16H,3-6,8H2,(H,20,21). The number of piperazine rings is 1. The first-order valence-electron chi connectivity index (χ1n) is 7.18. The average Bonchev–Trinajstić information content (AvgIpc) is 2.54. The van der Waals surface area contributed by atoms with Gasteiger partial charge in [-0.15, -0.1) is 0 Å². The van der Waals surface area contributed by atoms with Crippen LogP contribution in [0.25, 0.3) is 0 Å². The first-order chi connectivity index (χ1) is 11.0. The van der Waals surface area contributed by atoms with E-state index in [9.17, 15) is 19.7 Å². The Morgan fingerprint density at radius 1 is 1.57 bits per heavy atom. The summed E-state index contributed by atoms with van der Waals surface area (Å²) in [6.45, 7) is 1.90. The summed E-state index contributed by atoms with van der Waals surface area (Å²) in [5, 5.41) is 25.8. The van der Waals surface area contributed by atoms with Crippen LogP contribution in [0.4, 0.5) is 11.4 Å². The van der Waals surface area contributed by atoms with Crippen molar-refractivity contribution in [1.29, 1.82) is 0 Å². The van der Waals surface area contributed by atoms with Crippen LogP contribution >= 0.6 is 0 Å². The second kappa shape index (κ2) is 7.54. The Labute approximate surface area is 132 Å². The molecule has 1 saturated heterocycles. The van der Waals surface area contributed by atoms with Crippen molar-refractivity contribution in [2.75, 3.05) is 31.5 Å². The van der Waals surface area contributed by atoms with Gasteiger partial charge in [-0.2, -0.15) is 0 Å². The van der Waals surface area contributed by atoms with Crippen LogP contribution in [-0.2, 0) is 9.59 Å². The summed E-state index contributed by atoms with van der Waals surface area (Å²) in [5.74, 6) is -0.960. The number of carbonyl (C=O) groups excluding carboxylic acids is 1. The number of non-ortho nitro benzene ring substituents is 1. The number of hydrogen-bond acceptors (Lipinski definition) is 6. The molecule has 0 spiro atoms. The van der Waals surface area contributed by atoms with Crippen LogP contribution in [0.5, 0.6) is 0 Å². The van der Waals surface area contributed by atoms with E-state index in [-0.39, 0.29) is 24.7 Å². The van der Waals surface area contributed by atoms with E-state index in [4.69, 9.17) is 5.11 Å². The van der Waals surface area contributed by atoms with E-state index in [1.54, 1.807) is 11.0 Å². The molecule has 3 N–H and O–H groups in total. The lowest BCUT2D eigenvalue weighted by Gasteiger charge is -2.34. The zero-order chi connectivity index (χ0) is 16.8. The monoisotopic (exact) mass is 322 g/mol. The van der Waals surface area contributed by atoms with Crippen LogP contribution < -0.4 is 10.6 Å². The highest BCUT2D eigenvalue weighted by Gasteiger charge is 2.25. The largest absolute Gasteiger partial charge is 0.481 e. The molecule has 1 aliphatic heterocycles. The molecular formula is C14H18N4O5. The molecule has 9 nitrogen and oxygen atoms in total. The molecule has 1 fully saturated rings. The molecule has 1 amide bonds. The van der Waals surface area contributed by atoms with E-state index in [0.717, 1.165) is 12.0 Å². The molecule has 1 heterocycles.